The van der Waals surface area contributed by atoms with Crippen molar-refractivity contribution in [1.82, 2.24) is 5.32 Å². The molecule has 0 aromatic heterocycles. The van der Waals surface area contributed by atoms with Crippen LogP contribution in [0.25, 0.3) is 0 Å². The summed E-state index contributed by atoms with van der Waals surface area (Å²) < 4.78 is 4.94. The summed E-state index contributed by atoms with van der Waals surface area (Å²) in [5, 5.41) is 11.5. The van der Waals surface area contributed by atoms with E-state index in [2.05, 4.69) is 5.32 Å². The van der Waals surface area contributed by atoms with Crippen molar-refractivity contribution in [2.45, 2.75) is 33.3 Å². The Morgan fingerprint density at radius 2 is 2.00 bits per heavy atom. The molecule has 2 N–H and O–H groups in total. The van der Waals surface area contributed by atoms with Crippen LogP contribution in [0.3, 0.4) is 0 Å². The Hall–Kier alpha value is -1.17. The largest absolute Gasteiger partial charge is 0.480 e. The molecule has 0 aliphatic carbocycles. The number of aliphatic carboxylic acids is 1. The Morgan fingerprint density at radius 1 is 1.44 bits per heavy atom. The molecule has 16 heavy (non-hydrogen) atoms. The smallest absolute Gasteiger partial charge is 0.327 e. The van der Waals surface area contributed by atoms with Gasteiger partial charge in [-0.25, -0.2) is 0 Å². The van der Waals surface area contributed by atoms with E-state index in [0.29, 0.717) is 13.0 Å². The topological polar surface area (TPSA) is 75.6 Å². The number of carboxylic acid groups (broad SMARTS) is 1. The number of thiocarbonyl (C=S) groups is 1. The maximum atomic E-state index is 11.5. The molecule has 0 fully saturated rings. The fourth-order valence-electron chi connectivity index (χ4n) is 0.946. The summed E-state index contributed by atoms with van der Waals surface area (Å²) >= 11 is 4.82. The minimum Gasteiger partial charge on any atom is -0.480 e. The lowest BCUT2D eigenvalue weighted by atomic mass is 10.1. The van der Waals surface area contributed by atoms with E-state index in [4.69, 9.17) is 22.1 Å². The number of nitrogens with one attached hydrogen (secondary N) is 1. The summed E-state index contributed by atoms with van der Waals surface area (Å²) in [5.74, 6) is -3.52. The second-order valence-corrected chi connectivity index (χ2v) is 3.76. The summed E-state index contributed by atoms with van der Waals surface area (Å²) in [4.78, 5) is 22.4. The first kappa shape index (κ1) is 14.8. The maximum Gasteiger partial charge on any atom is 0.327 e. The van der Waals surface area contributed by atoms with Crippen molar-refractivity contribution >= 4 is 29.1 Å². The SMILES string of the molecule is CCNC(=S)C(C(=O)O)C(=O)OC(C)CC. The molecule has 0 heterocycles. The standard InChI is InChI=1S/C10H17NO4S/c1-4-6(3)15-10(14)7(9(12)13)8(16)11-5-2/h6-7H,4-5H2,1-3H3,(H,11,16)(H,12,13). The van der Waals surface area contributed by atoms with Gasteiger partial charge in [0.1, 0.15) is 4.99 Å². The number of esters is 1. The van der Waals surface area contributed by atoms with Gasteiger partial charge in [0.25, 0.3) is 0 Å². The van der Waals surface area contributed by atoms with Crippen LogP contribution in [0, 0.1) is 5.92 Å². The molecule has 0 radical (unpaired) electrons. The van der Waals surface area contributed by atoms with Gasteiger partial charge in [0.2, 0.25) is 5.92 Å². The van der Waals surface area contributed by atoms with Gasteiger partial charge < -0.3 is 15.2 Å². The Labute approximate surface area is 100 Å². The van der Waals surface area contributed by atoms with E-state index in [-0.39, 0.29) is 11.1 Å². The molecule has 92 valence electrons. The molecule has 0 saturated carbocycles. The molecular weight excluding hydrogens is 230 g/mol. The van der Waals surface area contributed by atoms with Gasteiger partial charge in [-0.3, -0.25) is 9.59 Å². The lowest BCUT2D eigenvalue weighted by Crippen LogP contribution is -2.40. The number of carbonyl (C=O) groups is 2. The van der Waals surface area contributed by atoms with Crippen LogP contribution in [0.4, 0.5) is 0 Å². The first-order valence-corrected chi connectivity index (χ1v) is 5.55. The number of carboxylic acids is 1. The second kappa shape index (κ2) is 7.16. The zero-order chi connectivity index (χ0) is 12.7. The van der Waals surface area contributed by atoms with Gasteiger partial charge in [0.05, 0.1) is 6.10 Å². The van der Waals surface area contributed by atoms with E-state index in [1.54, 1.807) is 13.8 Å². The van der Waals surface area contributed by atoms with Crippen LogP contribution in [0.1, 0.15) is 27.2 Å². The molecule has 0 spiro atoms. The van der Waals surface area contributed by atoms with Crippen LogP contribution in [-0.2, 0) is 14.3 Å². The van der Waals surface area contributed by atoms with Crippen LogP contribution >= 0.6 is 12.2 Å². The zero-order valence-corrected chi connectivity index (χ0v) is 10.5. The van der Waals surface area contributed by atoms with Crippen molar-refractivity contribution in [2.75, 3.05) is 6.54 Å². The number of hydrogen-bond donors (Lipinski definition) is 2. The predicted molar refractivity (Wildman–Crippen MR) is 63.2 cm³/mol. The summed E-state index contributed by atoms with van der Waals surface area (Å²) in [5.41, 5.74) is 0. The summed E-state index contributed by atoms with van der Waals surface area (Å²) in [6.07, 6.45) is 0.324. The highest BCUT2D eigenvalue weighted by molar-refractivity contribution is 7.80. The summed E-state index contributed by atoms with van der Waals surface area (Å²) in [7, 11) is 0. The number of carbonyl (C=O) groups excluding carboxylic acids is 1. The van der Waals surface area contributed by atoms with E-state index in [1.165, 1.54) is 0 Å². The van der Waals surface area contributed by atoms with Crippen LogP contribution in [0.5, 0.6) is 0 Å². The molecule has 0 aromatic rings. The van der Waals surface area contributed by atoms with Gasteiger partial charge >= 0.3 is 11.9 Å². The minimum atomic E-state index is -1.41. The van der Waals surface area contributed by atoms with Gasteiger partial charge in [-0.2, -0.15) is 0 Å². The van der Waals surface area contributed by atoms with Crippen LogP contribution in [-0.4, -0.2) is 34.7 Å². The van der Waals surface area contributed by atoms with E-state index in [1.807, 2.05) is 6.92 Å². The highest BCUT2D eigenvalue weighted by Gasteiger charge is 2.32. The van der Waals surface area contributed by atoms with Crippen LogP contribution in [0.15, 0.2) is 0 Å². The minimum absolute atomic E-state index is 0.0108. The van der Waals surface area contributed by atoms with Crippen LogP contribution in [0.2, 0.25) is 0 Å². The Balaban J connectivity index is 4.60. The zero-order valence-electron chi connectivity index (χ0n) is 9.65. The third-order valence-electron chi connectivity index (χ3n) is 1.99. The van der Waals surface area contributed by atoms with Crippen molar-refractivity contribution in [2.24, 2.45) is 5.92 Å². The average molecular weight is 247 g/mol. The van der Waals surface area contributed by atoms with E-state index in [0.717, 1.165) is 0 Å². The number of rotatable bonds is 6. The molecule has 6 heteroatoms. The van der Waals surface area contributed by atoms with Crippen molar-refractivity contribution in [3.05, 3.63) is 0 Å². The Kier molecular flexibility index (Phi) is 6.64. The second-order valence-electron chi connectivity index (χ2n) is 3.32. The molecule has 0 aromatic carbocycles. The summed E-state index contributed by atoms with van der Waals surface area (Å²) in [6, 6.07) is 0. The molecule has 5 nitrogen and oxygen atoms in total. The van der Waals surface area contributed by atoms with Crippen molar-refractivity contribution < 1.29 is 19.4 Å². The quantitative estimate of drug-likeness (QED) is 0.414. The molecule has 0 aliphatic heterocycles. The van der Waals surface area contributed by atoms with E-state index in [9.17, 15) is 9.59 Å². The van der Waals surface area contributed by atoms with Gasteiger partial charge in [0, 0.05) is 6.54 Å². The first-order chi connectivity index (χ1) is 7.43. The molecule has 2 unspecified atom stereocenters. The fourth-order valence-corrected chi connectivity index (χ4v) is 1.29. The lowest BCUT2D eigenvalue weighted by Gasteiger charge is -2.16. The Morgan fingerprint density at radius 3 is 2.38 bits per heavy atom. The van der Waals surface area contributed by atoms with Gasteiger partial charge in [-0.1, -0.05) is 19.1 Å². The van der Waals surface area contributed by atoms with E-state index < -0.39 is 17.9 Å². The molecule has 2 atom stereocenters. The van der Waals surface area contributed by atoms with Crippen LogP contribution < -0.4 is 5.32 Å². The fraction of sp³-hybridized carbons (Fsp3) is 0.700. The molecule has 0 saturated heterocycles. The third kappa shape index (κ3) is 4.57. The van der Waals surface area contributed by atoms with Gasteiger partial charge in [0.15, 0.2) is 0 Å². The van der Waals surface area contributed by atoms with Gasteiger partial charge in [-0.15, -0.1) is 0 Å². The first-order valence-electron chi connectivity index (χ1n) is 5.15. The monoisotopic (exact) mass is 247 g/mol. The normalized spacial score (nSPS) is 13.7. The molecular formula is C10H17NO4S. The van der Waals surface area contributed by atoms with Crippen molar-refractivity contribution in [1.29, 1.82) is 0 Å². The lowest BCUT2D eigenvalue weighted by molar-refractivity contribution is -0.158. The number of hydrogen-bond acceptors (Lipinski definition) is 4. The third-order valence-corrected chi connectivity index (χ3v) is 2.37. The molecule has 0 amide bonds. The maximum absolute atomic E-state index is 11.5. The highest BCUT2D eigenvalue weighted by atomic mass is 32.1. The molecule has 0 bridgehead atoms. The molecule has 0 aliphatic rings. The van der Waals surface area contributed by atoms with E-state index >= 15 is 0 Å². The summed E-state index contributed by atoms with van der Waals surface area (Å²) in [6.45, 7) is 5.79. The number of ether oxygens (including phenoxy) is 1. The van der Waals surface area contributed by atoms with Gasteiger partial charge in [-0.05, 0) is 20.3 Å². The average Bonchev–Trinajstić information content (AvgIpc) is 2.17. The highest BCUT2D eigenvalue weighted by Crippen LogP contribution is 2.07. The van der Waals surface area contributed by atoms with Crippen molar-refractivity contribution in [3.63, 3.8) is 0 Å². The van der Waals surface area contributed by atoms with Crippen molar-refractivity contribution in [3.8, 4) is 0 Å². The Bertz CT molecular complexity index is 280. The predicted octanol–water partition coefficient (Wildman–Crippen LogP) is 0.966. The molecule has 0 rings (SSSR count).